The first kappa shape index (κ1) is 13.0. The molecule has 0 bridgehead atoms. The number of rotatable bonds is 3. The number of aromatic nitrogens is 1. The van der Waals surface area contributed by atoms with Gasteiger partial charge in [0.25, 0.3) is 0 Å². The van der Waals surface area contributed by atoms with E-state index in [-0.39, 0.29) is 6.04 Å². The zero-order chi connectivity index (χ0) is 12.4. The Morgan fingerprint density at radius 3 is 2.71 bits per heavy atom. The highest BCUT2D eigenvalue weighted by atomic mass is 35.5. The standard InChI is InChI=1S/C11H9Cl3N2S/c1-6(7-5-9(12)17-11(7)14)16-8-3-2-4-15-10(8)13/h2-6,16H,1H3. The zero-order valence-electron chi connectivity index (χ0n) is 8.88. The molecule has 1 atom stereocenters. The molecule has 0 spiro atoms. The van der Waals surface area contributed by atoms with Crippen LogP contribution in [-0.2, 0) is 0 Å². The van der Waals surface area contributed by atoms with Gasteiger partial charge in [-0.3, -0.25) is 0 Å². The number of nitrogens with zero attached hydrogens (tertiary/aromatic N) is 1. The van der Waals surface area contributed by atoms with Crippen LogP contribution < -0.4 is 5.32 Å². The van der Waals surface area contributed by atoms with Gasteiger partial charge in [-0.25, -0.2) is 4.98 Å². The second-order valence-corrected chi connectivity index (χ2v) is 6.13. The third-order valence-electron chi connectivity index (χ3n) is 2.28. The van der Waals surface area contributed by atoms with Crippen molar-refractivity contribution in [2.45, 2.75) is 13.0 Å². The largest absolute Gasteiger partial charge is 0.376 e. The van der Waals surface area contributed by atoms with Crippen LogP contribution in [0.1, 0.15) is 18.5 Å². The molecule has 1 N–H and O–H groups in total. The van der Waals surface area contributed by atoms with E-state index in [1.165, 1.54) is 11.3 Å². The predicted octanol–water partition coefficient (Wildman–Crippen LogP) is 5.28. The van der Waals surface area contributed by atoms with Crippen molar-refractivity contribution in [2.24, 2.45) is 0 Å². The molecule has 2 rings (SSSR count). The monoisotopic (exact) mass is 306 g/mol. The molecule has 90 valence electrons. The zero-order valence-corrected chi connectivity index (χ0v) is 12.0. The summed E-state index contributed by atoms with van der Waals surface area (Å²) in [7, 11) is 0. The quantitative estimate of drug-likeness (QED) is 0.781. The molecule has 2 aromatic heterocycles. The number of hydrogen-bond acceptors (Lipinski definition) is 3. The van der Waals surface area contributed by atoms with Gasteiger partial charge in [-0.1, -0.05) is 34.8 Å². The van der Waals surface area contributed by atoms with Crippen LogP contribution >= 0.6 is 46.1 Å². The SMILES string of the molecule is CC(Nc1cccnc1Cl)c1cc(Cl)sc1Cl. The molecule has 0 aliphatic heterocycles. The van der Waals surface area contributed by atoms with E-state index in [4.69, 9.17) is 34.8 Å². The maximum atomic E-state index is 6.09. The summed E-state index contributed by atoms with van der Waals surface area (Å²) in [4.78, 5) is 4.00. The first-order chi connectivity index (χ1) is 8.08. The van der Waals surface area contributed by atoms with Gasteiger partial charge in [-0.15, -0.1) is 11.3 Å². The van der Waals surface area contributed by atoms with Gasteiger partial charge in [-0.05, 0) is 25.1 Å². The molecule has 0 radical (unpaired) electrons. The Morgan fingerprint density at radius 2 is 2.12 bits per heavy atom. The molecular weight excluding hydrogens is 299 g/mol. The predicted molar refractivity (Wildman–Crippen MR) is 75.6 cm³/mol. The van der Waals surface area contributed by atoms with E-state index in [9.17, 15) is 0 Å². The number of thiophene rings is 1. The van der Waals surface area contributed by atoms with E-state index in [1.807, 2.05) is 25.1 Å². The Hall–Kier alpha value is -0.480. The molecule has 0 saturated heterocycles. The topological polar surface area (TPSA) is 24.9 Å². The molecule has 0 fully saturated rings. The third-order valence-corrected chi connectivity index (χ3v) is 4.10. The molecule has 0 aromatic carbocycles. The minimum atomic E-state index is 0.0212. The van der Waals surface area contributed by atoms with E-state index in [2.05, 4.69) is 10.3 Å². The van der Waals surface area contributed by atoms with Crippen LogP contribution in [0.3, 0.4) is 0 Å². The summed E-state index contributed by atoms with van der Waals surface area (Å²) in [6.45, 7) is 1.99. The number of hydrogen-bond donors (Lipinski definition) is 1. The van der Waals surface area contributed by atoms with Crippen molar-refractivity contribution in [1.29, 1.82) is 0 Å². The maximum Gasteiger partial charge on any atom is 0.152 e. The van der Waals surface area contributed by atoms with Gasteiger partial charge >= 0.3 is 0 Å². The van der Waals surface area contributed by atoms with Gasteiger partial charge in [0.15, 0.2) is 5.15 Å². The molecule has 0 amide bonds. The van der Waals surface area contributed by atoms with E-state index >= 15 is 0 Å². The molecule has 17 heavy (non-hydrogen) atoms. The average Bonchev–Trinajstić information content (AvgIpc) is 2.61. The van der Waals surface area contributed by atoms with Crippen molar-refractivity contribution in [3.63, 3.8) is 0 Å². The Bertz CT molecular complexity index is 527. The normalized spacial score (nSPS) is 12.5. The maximum absolute atomic E-state index is 6.09. The van der Waals surface area contributed by atoms with Gasteiger partial charge in [0.05, 0.1) is 20.4 Å². The van der Waals surface area contributed by atoms with Gasteiger partial charge in [0.2, 0.25) is 0 Å². The lowest BCUT2D eigenvalue weighted by Gasteiger charge is -2.15. The summed E-state index contributed by atoms with van der Waals surface area (Å²) in [5, 5.41) is 3.69. The lowest BCUT2D eigenvalue weighted by Crippen LogP contribution is -2.06. The summed E-state index contributed by atoms with van der Waals surface area (Å²) in [5.41, 5.74) is 1.74. The fraction of sp³-hybridized carbons (Fsp3) is 0.182. The molecule has 2 aromatic rings. The van der Waals surface area contributed by atoms with Crippen LogP contribution in [0.2, 0.25) is 13.8 Å². The van der Waals surface area contributed by atoms with Crippen molar-refractivity contribution in [1.82, 2.24) is 4.98 Å². The Kier molecular flexibility index (Phi) is 4.15. The van der Waals surface area contributed by atoms with Crippen LogP contribution in [0.15, 0.2) is 24.4 Å². The van der Waals surface area contributed by atoms with Crippen molar-refractivity contribution in [3.05, 3.63) is 43.8 Å². The van der Waals surface area contributed by atoms with Crippen LogP contribution in [0, 0.1) is 0 Å². The second kappa shape index (κ2) is 5.44. The fourth-order valence-corrected chi connectivity index (χ4v) is 3.27. The van der Waals surface area contributed by atoms with Gasteiger partial charge in [-0.2, -0.15) is 0 Å². The highest BCUT2D eigenvalue weighted by molar-refractivity contribution is 7.20. The number of anilines is 1. The van der Waals surface area contributed by atoms with Gasteiger partial charge in [0.1, 0.15) is 0 Å². The van der Waals surface area contributed by atoms with Gasteiger partial charge in [0, 0.05) is 11.8 Å². The van der Waals surface area contributed by atoms with Crippen LogP contribution in [-0.4, -0.2) is 4.98 Å². The molecule has 0 aliphatic rings. The fourth-order valence-electron chi connectivity index (χ4n) is 1.45. The highest BCUT2D eigenvalue weighted by Crippen LogP contribution is 2.36. The third kappa shape index (κ3) is 3.05. The Balaban J connectivity index is 2.20. The lowest BCUT2D eigenvalue weighted by atomic mass is 10.2. The summed E-state index contributed by atoms with van der Waals surface area (Å²) in [6, 6.07) is 5.57. The molecule has 0 saturated carbocycles. The van der Waals surface area contributed by atoms with E-state index in [0.717, 1.165) is 11.3 Å². The first-order valence-corrected chi connectivity index (χ1v) is 6.84. The molecule has 6 heteroatoms. The smallest absolute Gasteiger partial charge is 0.152 e. The number of nitrogens with one attached hydrogen (secondary N) is 1. The van der Waals surface area contributed by atoms with E-state index in [0.29, 0.717) is 13.8 Å². The van der Waals surface area contributed by atoms with Crippen LogP contribution in [0.5, 0.6) is 0 Å². The van der Waals surface area contributed by atoms with Crippen molar-refractivity contribution < 1.29 is 0 Å². The summed E-state index contributed by atoms with van der Waals surface area (Å²) in [5.74, 6) is 0. The summed E-state index contributed by atoms with van der Waals surface area (Å²) < 4.78 is 1.37. The highest BCUT2D eigenvalue weighted by Gasteiger charge is 2.14. The van der Waals surface area contributed by atoms with Gasteiger partial charge < -0.3 is 5.32 Å². The number of halogens is 3. The summed E-state index contributed by atoms with van der Waals surface area (Å²) in [6.07, 6.45) is 1.65. The lowest BCUT2D eigenvalue weighted by molar-refractivity contribution is 0.889. The Labute approximate surface area is 119 Å². The van der Waals surface area contributed by atoms with Crippen molar-refractivity contribution in [2.75, 3.05) is 5.32 Å². The first-order valence-electron chi connectivity index (χ1n) is 4.89. The minimum absolute atomic E-state index is 0.0212. The van der Waals surface area contributed by atoms with Crippen LogP contribution in [0.4, 0.5) is 5.69 Å². The molecule has 2 nitrogen and oxygen atoms in total. The second-order valence-electron chi connectivity index (χ2n) is 3.49. The summed E-state index contributed by atoms with van der Waals surface area (Å²) >= 11 is 19.3. The van der Waals surface area contributed by atoms with E-state index in [1.54, 1.807) is 6.20 Å². The number of pyridine rings is 1. The van der Waals surface area contributed by atoms with Crippen LogP contribution in [0.25, 0.3) is 0 Å². The Morgan fingerprint density at radius 1 is 1.35 bits per heavy atom. The minimum Gasteiger partial charge on any atom is -0.376 e. The average molecular weight is 308 g/mol. The molecular formula is C11H9Cl3N2S. The van der Waals surface area contributed by atoms with E-state index < -0.39 is 0 Å². The van der Waals surface area contributed by atoms with Crippen molar-refractivity contribution in [3.8, 4) is 0 Å². The molecule has 0 aliphatic carbocycles. The molecule has 1 unspecified atom stereocenters. The molecule has 2 heterocycles. The van der Waals surface area contributed by atoms with Crippen molar-refractivity contribution >= 4 is 51.8 Å².